The molecule has 0 bridgehead atoms. The van der Waals surface area contributed by atoms with Crippen LogP contribution in [0.25, 0.3) is 22.4 Å². The Hall–Kier alpha value is -2.72. The second-order valence-electron chi connectivity index (χ2n) is 8.47. The fraction of sp³-hybridized carbons (Fsp3) is 0.259. The van der Waals surface area contributed by atoms with Crippen molar-refractivity contribution >= 4 is 49.9 Å². The zero-order chi connectivity index (χ0) is 25.7. The number of carbonyl (C=O) groups is 1. The van der Waals surface area contributed by atoms with Crippen molar-refractivity contribution in [2.24, 2.45) is 11.5 Å². The fourth-order valence-corrected chi connectivity index (χ4v) is 5.74. The molecule has 0 saturated heterocycles. The predicted octanol–water partition coefficient (Wildman–Crippen LogP) is 4.67. The van der Waals surface area contributed by atoms with Gasteiger partial charge >= 0.3 is 0 Å². The van der Waals surface area contributed by atoms with E-state index in [9.17, 15) is 4.79 Å². The molecular weight excluding hydrogens is 536 g/mol. The van der Waals surface area contributed by atoms with Gasteiger partial charge in [0, 0.05) is 61.3 Å². The Labute approximate surface area is 224 Å². The molecule has 2 heterocycles. The van der Waals surface area contributed by atoms with E-state index < -0.39 is 0 Å². The highest BCUT2D eigenvalue weighted by Crippen LogP contribution is 2.30. The Kier molecular flexibility index (Phi) is 8.79. The SMILES string of the molecule is [CH2]CN(C[CH2])c1ccc(-c2nc3cc(C(CC(N)=O)NCc4ccc(Br)s4)ccc3n2CCN)cc1. The summed E-state index contributed by atoms with van der Waals surface area (Å²) < 4.78 is 3.22. The van der Waals surface area contributed by atoms with Crippen LogP contribution in [0.4, 0.5) is 5.69 Å². The number of benzene rings is 2. The first-order valence-electron chi connectivity index (χ1n) is 11.8. The first-order valence-corrected chi connectivity index (χ1v) is 13.4. The Bertz CT molecular complexity index is 1310. The predicted molar refractivity (Wildman–Crippen MR) is 153 cm³/mol. The lowest BCUT2D eigenvalue weighted by molar-refractivity contribution is -0.118. The summed E-state index contributed by atoms with van der Waals surface area (Å²) in [5, 5.41) is 3.49. The van der Waals surface area contributed by atoms with E-state index in [1.54, 1.807) is 11.3 Å². The number of imidazole rings is 1. The number of rotatable bonds is 12. The number of hydrogen-bond acceptors (Lipinski definition) is 6. The number of carbonyl (C=O) groups excluding carboxylic acids is 1. The third-order valence-corrected chi connectivity index (χ3v) is 7.74. The van der Waals surface area contributed by atoms with Gasteiger partial charge in [0.25, 0.3) is 0 Å². The highest BCUT2D eigenvalue weighted by Gasteiger charge is 2.18. The number of hydrogen-bond donors (Lipinski definition) is 3. The van der Waals surface area contributed by atoms with Crippen LogP contribution in [0.1, 0.15) is 22.9 Å². The van der Waals surface area contributed by atoms with E-state index in [1.807, 2.05) is 18.2 Å². The zero-order valence-electron chi connectivity index (χ0n) is 20.1. The molecule has 36 heavy (non-hydrogen) atoms. The highest BCUT2D eigenvalue weighted by atomic mass is 79.9. The molecule has 9 heteroatoms. The second kappa shape index (κ2) is 12.0. The van der Waals surface area contributed by atoms with Crippen LogP contribution < -0.4 is 21.7 Å². The van der Waals surface area contributed by atoms with Crippen LogP contribution in [-0.2, 0) is 17.9 Å². The number of halogens is 1. The molecule has 5 N–H and O–H groups in total. The van der Waals surface area contributed by atoms with Gasteiger partial charge < -0.3 is 26.3 Å². The molecular formula is C27H31BrN6OS. The van der Waals surface area contributed by atoms with Crippen molar-refractivity contribution in [2.75, 3.05) is 24.5 Å². The third-order valence-electron chi connectivity index (χ3n) is 6.11. The summed E-state index contributed by atoms with van der Waals surface area (Å²) in [5.74, 6) is 0.505. The zero-order valence-corrected chi connectivity index (χ0v) is 22.5. The first-order chi connectivity index (χ1) is 17.4. The molecule has 4 aromatic rings. The van der Waals surface area contributed by atoms with Crippen LogP contribution in [0, 0.1) is 13.8 Å². The molecule has 0 aliphatic heterocycles. The average molecular weight is 568 g/mol. The minimum atomic E-state index is -0.354. The maximum atomic E-state index is 11.8. The normalized spacial score (nSPS) is 12.2. The Morgan fingerprint density at radius 2 is 1.89 bits per heavy atom. The van der Waals surface area contributed by atoms with E-state index in [2.05, 4.69) is 81.0 Å². The molecule has 0 aliphatic rings. The Morgan fingerprint density at radius 3 is 2.50 bits per heavy atom. The van der Waals surface area contributed by atoms with Crippen LogP contribution >= 0.6 is 27.3 Å². The van der Waals surface area contributed by atoms with Gasteiger partial charge in [-0.2, -0.15) is 0 Å². The van der Waals surface area contributed by atoms with Gasteiger partial charge in [-0.15, -0.1) is 11.3 Å². The summed E-state index contributed by atoms with van der Waals surface area (Å²) in [4.78, 5) is 20.1. The number of nitrogens with two attached hydrogens (primary N) is 2. The Morgan fingerprint density at radius 1 is 1.14 bits per heavy atom. The van der Waals surface area contributed by atoms with E-state index in [0.29, 0.717) is 32.7 Å². The monoisotopic (exact) mass is 566 g/mol. The third kappa shape index (κ3) is 5.98. The molecule has 2 radical (unpaired) electrons. The van der Waals surface area contributed by atoms with Gasteiger partial charge in [0.1, 0.15) is 5.82 Å². The number of anilines is 1. The van der Waals surface area contributed by atoms with Gasteiger partial charge in [-0.3, -0.25) is 4.79 Å². The van der Waals surface area contributed by atoms with Crippen molar-refractivity contribution in [1.29, 1.82) is 0 Å². The van der Waals surface area contributed by atoms with Crippen molar-refractivity contribution in [3.8, 4) is 11.4 Å². The smallest absolute Gasteiger partial charge is 0.219 e. The maximum Gasteiger partial charge on any atom is 0.219 e. The van der Waals surface area contributed by atoms with Crippen molar-refractivity contribution in [3.63, 3.8) is 0 Å². The number of nitrogens with one attached hydrogen (secondary N) is 1. The molecule has 0 saturated carbocycles. The topological polar surface area (TPSA) is 102 Å². The largest absolute Gasteiger partial charge is 0.372 e. The van der Waals surface area contributed by atoms with Crippen LogP contribution in [0.2, 0.25) is 0 Å². The van der Waals surface area contributed by atoms with Gasteiger partial charge in [0.2, 0.25) is 5.91 Å². The van der Waals surface area contributed by atoms with Crippen molar-refractivity contribution in [2.45, 2.75) is 25.6 Å². The molecule has 1 amide bonds. The molecule has 188 valence electrons. The van der Waals surface area contributed by atoms with Crippen molar-refractivity contribution < 1.29 is 4.79 Å². The average Bonchev–Trinajstić information content (AvgIpc) is 3.46. The van der Waals surface area contributed by atoms with Crippen molar-refractivity contribution in [1.82, 2.24) is 14.9 Å². The van der Waals surface area contributed by atoms with Crippen LogP contribution in [-0.4, -0.2) is 35.1 Å². The summed E-state index contributed by atoms with van der Waals surface area (Å²) >= 11 is 5.16. The highest BCUT2D eigenvalue weighted by molar-refractivity contribution is 9.11. The first kappa shape index (κ1) is 26.3. The molecule has 2 aromatic heterocycles. The van der Waals surface area contributed by atoms with Gasteiger partial charge in [-0.25, -0.2) is 4.98 Å². The summed E-state index contributed by atoms with van der Waals surface area (Å²) in [7, 11) is 0. The van der Waals surface area contributed by atoms with Crippen LogP contribution in [0.3, 0.4) is 0 Å². The molecule has 1 unspecified atom stereocenters. The quantitative estimate of drug-likeness (QED) is 0.231. The fourth-order valence-electron chi connectivity index (χ4n) is 4.31. The van der Waals surface area contributed by atoms with E-state index >= 15 is 0 Å². The van der Waals surface area contributed by atoms with Crippen molar-refractivity contribution in [3.05, 3.63) is 82.7 Å². The minimum absolute atomic E-state index is 0.199. The molecule has 7 nitrogen and oxygen atoms in total. The summed E-state index contributed by atoms with van der Waals surface area (Å²) in [5.41, 5.74) is 16.4. The van der Waals surface area contributed by atoms with Gasteiger partial charge in [0.05, 0.1) is 14.8 Å². The maximum absolute atomic E-state index is 11.8. The number of primary amides is 1. The number of nitrogens with zero attached hydrogens (tertiary/aromatic N) is 3. The van der Waals surface area contributed by atoms with E-state index in [0.717, 1.165) is 37.5 Å². The number of amides is 1. The van der Waals surface area contributed by atoms with E-state index in [4.69, 9.17) is 16.5 Å². The summed E-state index contributed by atoms with van der Waals surface area (Å²) in [6.07, 6.45) is 0.199. The van der Waals surface area contributed by atoms with Crippen LogP contribution in [0.15, 0.2) is 58.4 Å². The molecule has 4 rings (SSSR count). The molecule has 1 atom stereocenters. The molecule has 0 spiro atoms. The summed E-state index contributed by atoms with van der Waals surface area (Å²) in [6, 6.07) is 18.3. The van der Waals surface area contributed by atoms with Gasteiger partial charge in [-0.05, 0) is 83.9 Å². The molecule has 2 aromatic carbocycles. The van der Waals surface area contributed by atoms with E-state index in [1.165, 1.54) is 4.88 Å². The Balaban J connectivity index is 1.67. The lowest BCUT2D eigenvalue weighted by atomic mass is 10.0. The van der Waals surface area contributed by atoms with Crippen LogP contribution in [0.5, 0.6) is 0 Å². The molecule has 0 fully saturated rings. The summed E-state index contributed by atoms with van der Waals surface area (Å²) in [6.45, 7) is 11.0. The van der Waals surface area contributed by atoms with Gasteiger partial charge in [0.15, 0.2) is 0 Å². The van der Waals surface area contributed by atoms with Gasteiger partial charge in [-0.1, -0.05) is 6.07 Å². The van der Waals surface area contributed by atoms with E-state index in [-0.39, 0.29) is 18.4 Å². The lowest BCUT2D eigenvalue weighted by Gasteiger charge is -2.21. The standard InChI is InChI=1S/C27H31BrN6OS/c1-3-33(4-2)20-8-5-18(6-9-20)27-32-23-15-19(7-11-24(23)34(27)14-13-29)22(16-26(30)35)31-17-21-10-12-25(28)36-21/h5-12,15,22,31H,1-4,13-14,16-17,29H2,(H2,30,35). The number of fused-ring (bicyclic) bond motifs is 1. The number of thiophene rings is 1. The minimum Gasteiger partial charge on any atom is -0.372 e. The molecule has 0 aliphatic carbocycles. The number of aromatic nitrogens is 2. The second-order valence-corrected chi connectivity index (χ2v) is 11.0. The lowest BCUT2D eigenvalue weighted by Crippen LogP contribution is -2.26.